The highest BCUT2D eigenvalue weighted by molar-refractivity contribution is 7.98. The zero-order chi connectivity index (χ0) is 26.3. The van der Waals surface area contributed by atoms with Gasteiger partial charge in [0, 0.05) is 43.1 Å². The zero-order valence-electron chi connectivity index (χ0n) is 21.5. The summed E-state index contributed by atoms with van der Waals surface area (Å²) in [5.74, 6) is 2.87. The Morgan fingerprint density at radius 3 is 2.63 bits per heavy atom. The van der Waals surface area contributed by atoms with Crippen LogP contribution in [-0.2, 0) is 12.3 Å². The van der Waals surface area contributed by atoms with Crippen LogP contribution < -0.4 is 19.7 Å². The Morgan fingerprint density at radius 1 is 0.947 bits per heavy atom. The van der Waals surface area contributed by atoms with Crippen molar-refractivity contribution in [1.82, 2.24) is 15.3 Å². The maximum atomic E-state index is 12.9. The third-order valence-electron chi connectivity index (χ3n) is 6.16. The fourth-order valence-electron chi connectivity index (χ4n) is 4.17. The Bertz CT molecular complexity index is 1410. The molecule has 38 heavy (non-hydrogen) atoms. The Balaban J connectivity index is 1.26. The maximum absolute atomic E-state index is 12.9. The van der Waals surface area contributed by atoms with Crippen LogP contribution in [0.25, 0.3) is 11.3 Å². The molecule has 0 saturated carbocycles. The van der Waals surface area contributed by atoms with E-state index in [4.69, 9.17) is 19.4 Å². The number of hydrogen-bond acceptors (Lipinski definition) is 7. The molecule has 1 aliphatic rings. The number of thioether (sulfide) groups is 1. The van der Waals surface area contributed by atoms with E-state index >= 15 is 0 Å². The van der Waals surface area contributed by atoms with Crippen molar-refractivity contribution in [2.24, 2.45) is 0 Å². The van der Waals surface area contributed by atoms with Crippen LogP contribution in [0, 0.1) is 0 Å². The standard InChI is InChI=1S/C30H30N4O3S/c1-3-14-34(2)28-17-25(23-9-5-4-6-10-23)32-30(33-28)38-19-22-8-7-11-24(15-22)29(35)31-18-21-12-13-26-27(16-21)37-20-36-26/h4-13,15-17H,3,14,18-20H2,1-2H3,(H,31,35). The van der Waals surface area contributed by atoms with Crippen molar-refractivity contribution in [2.45, 2.75) is 30.8 Å². The monoisotopic (exact) mass is 526 g/mol. The van der Waals surface area contributed by atoms with Gasteiger partial charge in [0.25, 0.3) is 5.91 Å². The second kappa shape index (κ2) is 12.0. The van der Waals surface area contributed by atoms with Crippen LogP contribution in [0.3, 0.4) is 0 Å². The van der Waals surface area contributed by atoms with Crippen LogP contribution >= 0.6 is 11.8 Å². The lowest BCUT2D eigenvalue weighted by Gasteiger charge is -2.18. The first-order valence-corrected chi connectivity index (χ1v) is 13.6. The van der Waals surface area contributed by atoms with E-state index in [1.165, 1.54) is 0 Å². The number of carbonyl (C=O) groups is 1. The van der Waals surface area contributed by atoms with E-state index in [-0.39, 0.29) is 12.7 Å². The lowest BCUT2D eigenvalue weighted by atomic mass is 10.1. The van der Waals surface area contributed by atoms with Gasteiger partial charge < -0.3 is 19.7 Å². The van der Waals surface area contributed by atoms with Crippen molar-refractivity contribution in [3.8, 4) is 22.8 Å². The first-order chi connectivity index (χ1) is 18.6. The van der Waals surface area contributed by atoms with Crippen molar-refractivity contribution in [3.63, 3.8) is 0 Å². The number of fused-ring (bicyclic) bond motifs is 1. The van der Waals surface area contributed by atoms with Gasteiger partial charge in [-0.2, -0.15) is 0 Å². The lowest BCUT2D eigenvalue weighted by Crippen LogP contribution is -2.22. The summed E-state index contributed by atoms with van der Waals surface area (Å²) in [6.07, 6.45) is 1.03. The number of nitrogens with zero attached hydrogens (tertiary/aromatic N) is 3. The number of amides is 1. The second-order valence-corrected chi connectivity index (χ2v) is 9.98. The number of nitrogens with one attached hydrogen (secondary N) is 1. The van der Waals surface area contributed by atoms with Crippen LogP contribution in [0.2, 0.25) is 0 Å². The summed E-state index contributed by atoms with van der Waals surface area (Å²) < 4.78 is 10.8. The van der Waals surface area contributed by atoms with Crippen LogP contribution in [0.4, 0.5) is 5.82 Å². The molecule has 7 nitrogen and oxygen atoms in total. The molecular formula is C30H30N4O3S. The number of benzene rings is 3. The maximum Gasteiger partial charge on any atom is 0.251 e. The van der Waals surface area contributed by atoms with Gasteiger partial charge in [0.2, 0.25) is 6.79 Å². The van der Waals surface area contributed by atoms with E-state index in [1.807, 2.05) is 66.7 Å². The molecule has 1 N–H and O–H groups in total. The predicted molar refractivity (Wildman–Crippen MR) is 151 cm³/mol. The van der Waals surface area contributed by atoms with E-state index in [0.717, 1.165) is 46.9 Å². The fourth-order valence-corrected chi connectivity index (χ4v) is 4.96. The number of rotatable bonds is 10. The molecule has 0 saturated heterocycles. The Morgan fingerprint density at radius 2 is 1.79 bits per heavy atom. The molecule has 2 heterocycles. The average Bonchev–Trinajstić information content (AvgIpc) is 3.43. The molecule has 1 aliphatic heterocycles. The van der Waals surface area contributed by atoms with Crippen molar-refractivity contribution in [1.29, 1.82) is 0 Å². The first kappa shape index (κ1) is 25.6. The highest BCUT2D eigenvalue weighted by Crippen LogP contribution is 2.32. The van der Waals surface area contributed by atoms with Crippen molar-refractivity contribution >= 4 is 23.5 Å². The van der Waals surface area contributed by atoms with Gasteiger partial charge in [-0.1, -0.05) is 67.2 Å². The van der Waals surface area contributed by atoms with Gasteiger partial charge in [-0.3, -0.25) is 4.79 Å². The molecule has 0 spiro atoms. The van der Waals surface area contributed by atoms with E-state index < -0.39 is 0 Å². The molecule has 0 atom stereocenters. The summed E-state index contributed by atoms with van der Waals surface area (Å²) in [6, 6.07) is 25.6. The molecule has 4 aromatic rings. The van der Waals surface area contributed by atoms with Crippen molar-refractivity contribution in [2.75, 3.05) is 25.3 Å². The number of carbonyl (C=O) groups excluding carboxylic acids is 1. The number of hydrogen-bond donors (Lipinski definition) is 1. The molecule has 0 radical (unpaired) electrons. The summed E-state index contributed by atoms with van der Waals surface area (Å²) in [7, 11) is 2.06. The molecule has 0 fully saturated rings. The smallest absolute Gasteiger partial charge is 0.251 e. The number of aromatic nitrogens is 2. The molecule has 5 rings (SSSR count). The van der Waals surface area contributed by atoms with Crippen LogP contribution in [-0.4, -0.2) is 36.3 Å². The van der Waals surface area contributed by atoms with Gasteiger partial charge in [0.05, 0.1) is 5.69 Å². The Hall–Kier alpha value is -4.04. The lowest BCUT2D eigenvalue weighted by molar-refractivity contribution is 0.0950. The van der Waals surface area contributed by atoms with Gasteiger partial charge in [-0.15, -0.1) is 0 Å². The minimum absolute atomic E-state index is 0.125. The summed E-state index contributed by atoms with van der Waals surface area (Å²) in [5, 5.41) is 3.70. The summed E-state index contributed by atoms with van der Waals surface area (Å²) in [4.78, 5) is 24.7. The minimum Gasteiger partial charge on any atom is -0.454 e. The van der Waals surface area contributed by atoms with Gasteiger partial charge >= 0.3 is 0 Å². The molecule has 1 amide bonds. The highest BCUT2D eigenvalue weighted by atomic mass is 32.2. The van der Waals surface area contributed by atoms with E-state index in [2.05, 4.69) is 36.3 Å². The van der Waals surface area contributed by atoms with Crippen LogP contribution in [0.15, 0.2) is 84.0 Å². The molecule has 0 aliphatic carbocycles. The zero-order valence-corrected chi connectivity index (χ0v) is 22.3. The molecule has 0 unspecified atom stereocenters. The van der Waals surface area contributed by atoms with E-state index in [9.17, 15) is 4.79 Å². The first-order valence-electron chi connectivity index (χ1n) is 12.6. The topological polar surface area (TPSA) is 76.6 Å². The molecular weight excluding hydrogens is 496 g/mol. The van der Waals surface area contributed by atoms with Gasteiger partial charge in [0.15, 0.2) is 16.7 Å². The quantitative estimate of drug-likeness (QED) is 0.202. The van der Waals surface area contributed by atoms with E-state index in [1.54, 1.807) is 11.8 Å². The van der Waals surface area contributed by atoms with Gasteiger partial charge in [-0.25, -0.2) is 9.97 Å². The molecule has 8 heteroatoms. The SMILES string of the molecule is CCCN(C)c1cc(-c2ccccc2)nc(SCc2cccc(C(=O)NCc3ccc4c(c3)OCO4)c2)n1. The highest BCUT2D eigenvalue weighted by Gasteiger charge is 2.14. The fraction of sp³-hybridized carbons (Fsp3) is 0.233. The van der Waals surface area contributed by atoms with Crippen molar-refractivity contribution in [3.05, 3.63) is 95.6 Å². The Kier molecular flexibility index (Phi) is 8.09. The predicted octanol–water partition coefficient (Wildman–Crippen LogP) is 5.94. The van der Waals surface area contributed by atoms with E-state index in [0.29, 0.717) is 28.8 Å². The van der Waals surface area contributed by atoms with Crippen LogP contribution in [0.1, 0.15) is 34.8 Å². The molecule has 1 aromatic heterocycles. The third-order valence-corrected chi connectivity index (χ3v) is 7.08. The molecule has 194 valence electrons. The summed E-state index contributed by atoms with van der Waals surface area (Å²) in [6.45, 7) is 3.71. The second-order valence-electron chi connectivity index (χ2n) is 9.04. The third kappa shape index (κ3) is 6.26. The largest absolute Gasteiger partial charge is 0.454 e. The van der Waals surface area contributed by atoms with Crippen LogP contribution in [0.5, 0.6) is 11.5 Å². The Labute approximate surface area is 227 Å². The average molecular weight is 527 g/mol. The minimum atomic E-state index is -0.125. The summed E-state index contributed by atoms with van der Waals surface area (Å²) in [5.41, 5.74) is 4.56. The normalized spacial score (nSPS) is 11.8. The van der Waals surface area contributed by atoms with Gasteiger partial charge in [-0.05, 0) is 41.8 Å². The molecule has 3 aromatic carbocycles. The van der Waals surface area contributed by atoms with Gasteiger partial charge in [0.1, 0.15) is 5.82 Å². The summed E-state index contributed by atoms with van der Waals surface area (Å²) >= 11 is 1.57. The van der Waals surface area contributed by atoms with Crippen molar-refractivity contribution < 1.29 is 14.3 Å². The number of ether oxygens (including phenoxy) is 2. The number of anilines is 1. The molecule has 0 bridgehead atoms.